The van der Waals surface area contributed by atoms with Crippen molar-refractivity contribution in [3.63, 3.8) is 0 Å². The summed E-state index contributed by atoms with van der Waals surface area (Å²) in [5.74, 6) is -1.18. The lowest BCUT2D eigenvalue weighted by Gasteiger charge is -2.21. The summed E-state index contributed by atoms with van der Waals surface area (Å²) < 4.78 is 15.0. The molecule has 5 heteroatoms. The van der Waals surface area contributed by atoms with E-state index in [1.807, 2.05) is 30.3 Å². The first-order valence-corrected chi connectivity index (χ1v) is 5.95. The first-order chi connectivity index (χ1) is 9.04. The number of hydrogen-bond donors (Lipinski definition) is 0. The van der Waals surface area contributed by atoms with Crippen LogP contribution in [0.15, 0.2) is 30.3 Å². The molecule has 0 N–H and O–H groups in total. The second-order valence-electron chi connectivity index (χ2n) is 4.05. The smallest absolute Gasteiger partial charge is 0.349 e. The van der Waals surface area contributed by atoms with Crippen LogP contribution in [0.5, 0.6) is 0 Å². The van der Waals surface area contributed by atoms with Gasteiger partial charge in [0.15, 0.2) is 0 Å². The van der Waals surface area contributed by atoms with E-state index in [0.29, 0.717) is 6.61 Å². The van der Waals surface area contributed by atoms with Crippen molar-refractivity contribution < 1.29 is 23.8 Å². The number of ether oxygens (including phenoxy) is 3. The summed E-state index contributed by atoms with van der Waals surface area (Å²) in [5, 5.41) is 0. The highest BCUT2D eigenvalue weighted by Gasteiger charge is 2.29. The Morgan fingerprint density at radius 1 is 1.21 bits per heavy atom. The topological polar surface area (TPSA) is 61.8 Å². The molecular formula is C14H18O5. The van der Waals surface area contributed by atoms with Gasteiger partial charge in [0.1, 0.15) is 6.10 Å². The Labute approximate surface area is 112 Å². The zero-order chi connectivity index (χ0) is 14.3. The summed E-state index contributed by atoms with van der Waals surface area (Å²) in [4.78, 5) is 22.5. The van der Waals surface area contributed by atoms with Crippen molar-refractivity contribution in [2.24, 2.45) is 0 Å². The zero-order valence-electron chi connectivity index (χ0n) is 11.3. The van der Waals surface area contributed by atoms with E-state index in [0.717, 1.165) is 5.56 Å². The summed E-state index contributed by atoms with van der Waals surface area (Å²) in [6, 6.07) is 9.51. The molecule has 0 saturated carbocycles. The van der Waals surface area contributed by atoms with Gasteiger partial charge in [-0.2, -0.15) is 0 Å². The fourth-order valence-electron chi connectivity index (χ4n) is 1.52. The number of rotatable bonds is 6. The molecule has 0 fully saturated rings. The van der Waals surface area contributed by atoms with E-state index in [2.05, 4.69) is 4.74 Å². The quantitative estimate of drug-likeness (QED) is 0.733. The molecule has 0 radical (unpaired) electrons. The third kappa shape index (κ3) is 5.09. The molecule has 0 aromatic heterocycles. The average molecular weight is 266 g/mol. The Balaban J connectivity index is 2.59. The summed E-state index contributed by atoms with van der Waals surface area (Å²) in [7, 11) is 1.24. The molecule has 19 heavy (non-hydrogen) atoms. The van der Waals surface area contributed by atoms with Crippen LogP contribution in [-0.4, -0.2) is 31.3 Å². The van der Waals surface area contributed by atoms with Crippen molar-refractivity contribution in [1.82, 2.24) is 0 Å². The van der Waals surface area contributed by atoms with Crippen LogP contribution in [0.25, 0.3) is 0 Å². The molecule has 0 bridgehead atoms. The van der Waals surface area contributed by atoms with Crippen LogP contribution in [0.3, 0.4) is 0 Å². The van der Waals surface area contributed by atoms with Gasteiger partial charge in [0.25, 0.3) is 0 Å². The maximum absolute atomic E-state index is 11.5. The zero-order valence-corrected chi connectivity index (χ0v) is 11.3. The predicted octanol–water partition coefficient (Wildman–Crippen LogP) is 1.70. The summed E-state index contributed by atoms with van der Waals surface area (Å²) in [6.45, 7) is 3.23. The molecule has 5 nitrogen and oxygen atoms in total. The van der Waals surface area contributed by atoms with Crippen LogP contribution in [0.2, 0.25) is 0 Å². The SMILES string of the molecule is COC(=O)[C@H](OC(C)=O)[C@@H](C)OCc1ccccc1. The Morgan fingerprint density at radius 3 is 2.37 bits per heavy atom. The first kappa shape index (κ1) is 15.2. The molecular weight excluding hydrogens is 248 g/mol. The minimum Gasteiger partial charge on any atom is -0.466 e. The van der Waals surface area contributed by atoms with E-state index in [1.165, 1.54) is 14.0 Å². The Hall–Kier alpha value is -1.88. The lowest BCUT2D eigenvalue weighted by molar-refractivity contribution is -0.175. The second kappa shape index (κ2) is 7.53. The van der Waals surface area contributed by atoms with Crippen molar-refractivity contribution >= 4 is 11.9 Å². The van der Waals surface area contributed by atoms with Gasteiger partial charge in [0.05, 0.1) is 13.7 Å². The van der Waals surface area contributed by atoms with Crippen molar-refractivity contribution in [2.45, 2.75) is 32.7 Å². The third-order valence-corrected chi connectivity index (χ3v) is 2.51. The van der Waals surface area contributed by atoms with Crippen LogP contribution in [-0.2, 0) is 30.4 Å². The van der Waals surface area contributed by atoms with Gasteiger partial charge < -0.3 is 14.2 Å². The summed E-state index contributed by atoms with van der Waals surface area (Å²) >= 11 is 0. The molecule has 0 aliphatic heterocycles. The summed E-state index contributed by atoms with van der Waals surface area (Å²) in [5.41, 5.74) is 0.973. The fraction of sp³-hybridized carbons (Fsp3) is 0.429. The number of methoxy groups -OCH3 is 1. The standard InChI is InChI=1S/C14H18O5/c1-10(13(14(16)17-3)19-11(2)15)18-9-12-7-5-4-6-8-12/h4-8,10,13H,9H2,1-3H3/t10-,13-/m1/s1. The molecule has 0 aliphatic rings. The van der Waals surface area contributed by atoms with Crippen LogP contribution in [0.4, 0.5) is 0 Å². The van der Waals surface area contributed by atoms with Gasteiger partial charge in [-0.05, 0) is 12.5 Å². The highest BCUT2D eigenvalue weighted by Crippen LogP contribution is 2.10. The van der Waals surface area contributed by atoms with E-state index >= 15 is 0 Å². The highest BCUT2D eigenvalue weighted by molar-refractivity contribution is 5.79. The molecule has 2 atom stereocenters. The van der Waals surface area contributed by atoms with Crippen molar-refractivity contribution in [1.29, 1.82) is 0 Å². The molecule has 1 aromatic carbocycles. The number of hydrogen-bond acceptors (Lipinski definition) is 5. The van der Waals surface area contributed by atoms with Gasteiger partial charge in [-0.3, -0.25) is 4.79 Å². The van der Waals surface area contributed by atoms with Crippen molar-refractivity contribution in [3.05, 3.63) is 35.9 Å². The average Bonchev–Trinajstić information content (AvgIpc) is 2.42. The maximum Gasteiger partial charge on any atom is 0.349 e. The van der Waals surface area contributed by atoms with Gasteiger partial charge in [-0.25, -0.2) is 4.79 Å². The largest absolute Gasteiger partial charge is 0.466 e. The molecule has 0 aliphatic carbocycles. The van der Waals surface area contributed by atoms with E-state index in [-0.39, 0.29) is 0 Å². The molecule has 0 heterocycles. The normalized spacial score (nSPS) is 13.4. The van der Waals surface area contributed by atoms with E-state index in [1.54, 1.807) is 6.92 Å². The lowest BCUT2D eigenvalue weighted by Crippen LogP contribution is -2.38. The van der Waals surface area contributed by atoms with E-state index in [4.69, 9.17) is 9.47 Å². The van der Waals surface area contributed by atoms with E-state index < -0.39 is 24.1 Å². The van der Waals surface area contributed by atoms with Crippen LogP contribution in [0.1, 0.15) is 19.4 Å². The molecule has 104 valence electrons. The number of benzene rings is 1. The number of esters is 2. The van der Waals surface area contributed by atoms with Crippen LogP contribution < -0.4 is 0 Å². The molecule has 0 saturated heterocycles. The summed E-state index contributed by atoms with van der Waals surface area (Å²) in [6.07, 6.45) is -1.64. The van der Waals surface area contributed by atoms with Crippen LogP contribution in [0, 0.1) is 0 Å². The minimum absolute atomic E-state index is 0.330. The monoisotopic (exact) mass is 266 g/mol. The Morgan fingerprint density at radius 2 is 1.84 bits per heavy atom. The van der Waals surface area contributed by atoms with Gasteiger partial charge in [-0.15, -0.1) is 0 Å². The molecule has 0 amide bonds. The maximum atomic E-state index is 11.5. The highest BCUT2D eigenvalue weighted by atomic mass is 16.6. The van der Waals surface area contributed by atoms with Crippen molar-refractivity contribution in [2.75, 3.05) is 7.11 Å². The number of carbonyl (C=O) groups excluding carboxylic acids is 2. The predicted molar refractivity (Wildman–Crippen MR) is 68.3 cm³/mol. The Kier molecular flexibility index (Phi) is 6.02. The van der Waals surface area contributed by atoms with E-state index in [9.17, 15) is 9.59 Å². The van der Waals surface area contributed by atoms with Gasteiger partial charge >= 0.3 is 11.9 Å². The molecule has 0 spiro atoms. The molecule has 1 rings (SSSR count). The van der Waals surface area contributed by atoms with Gasteiger partial charge in [-0.1, -0.05) is 30.3 Å². The van der Waals surface area contributed by atoms with Gasteiger partial charge in [0.2, 0.25) is 6.10 Å². The van der Waals surface area contributed by atoms with Gasteiger partial charge in [0, 0.05) is 6.92 Å². The Bertz CT molecular complexity index is 415. The third-order valence-electron chi connectivity index (χ3n) is 2.51. The molecule has 1 aromatic rings. The lowest BCUT2D eigenvalue weighted by atomic mass is 10.2. The first-order valence-electron chi connectivity index (χ1n) is 5.95. The van der Waals surface area contributed by atoms with Crippen molar-refractivity contribution in [3.8, 4) is 0 Å². The number of carbonyl (C=O) groups is 2. The minimum atomic E-state index is -1.05. The molecule has 0 unspecified atom stereocenters. The van der Waals surface area contributed by atoms with Crippen LogP contribution >= 0.6 is 0 Å². The fourth-order valence-corrected chi connectivity index (χ4v) is 1.52. The second-order valence-corrected chi connectivity index (χ2v) is 4.05.